The molecule has 7 nitrogen and oxygen atoms in total. The zero-order valence-electron chi connectivity index (χ0n) is 18.5. The highest BCUT2D eigenvalue weighted by molar-refractivity contribution is 7.89. The minimum Gasteiger partial charge on any atom is -0.307 e. The van der Waals surface area contributed by atoms with Crippen LogP contribution >= 0.6 is 0 Å². The van der Waals surface area contributed by atoms with E-state index in [9.17, 15) is 13.2 Å². The van der Waals surface area contributed by atoms with E-state index < -0.39 is 10.0 Å². The van der Waals surface area contributed by atoms with E-state index in [1.807, 2.05) is 34.7 Å². The predicted molar refractivity (Wildman–Crippen MR) is 118 cm³/mol. The van der Waals surface area contributed by atoms with Crippen LogP contribution in [0.4, 0.5) is 5.82 Å². The quantitative estimate of drug-likeness (QED) is 0.692. The Morgan fingerprint density at radius 2 is 1.70 bits per heavy atom. The fourth-order valence-corrected chi connectivity index (χ4v) is 5.64. The number of hydrogen-bond acceptors (Lipinski definition) is 4. The first-order valence-corrected chi connectivity index (χ1v) is 12.0. The lowest BCUT2D eigenvalue weighted by atomic mass is 10.2. The number of amides is 1. The first kappa shape index (κ1) is 22.5. The highest BCUT2D eigenvalue weighted by Gasteiger charge is 2.26. The molecule has 8 heteroatoms. The summed E-state index contributed by atoms with van der Waals surface area (Å²) in [4.78, 5) is 12.9. The molecule has 0 bridgehead atoms. The highest BCUT2D eigenvalue weighted by atomic mass is 32.2. The van der Waals surface area contributed by atoms with Crippen molar-refractivity contribution in [2.24, 2.45) is 18.9 Å². The van der Waals surface area contributed by atoms with E-state index >= 15 is 0 Å². The largest absolute Gasteiger partial charge is 0.307 e. The van der Waals surface area contributed by atoms with Gasteiger partial charge in [-0.3, -0.25) is 9.48 Å². The molecule has 1 heterocycles. The third kappa shape index (κ3) is 4.75. The van der Waals surface area contributed by atoms with Crippen molar-refractivity contribution in [3.63, 3.8) is 0 Å². The first-order valence-electron chi connectivity index (χ1n) is 10.6. The van der Waals surface area contributed by atoms with Crippen LogP contribution in [0.15, 0.2) is 29.2 Å². The molecule has 164 valence electrons. The van der Waals surface area contributed by atoms with Crippen molar-refractivity contribution in [1.82, 2.24) is 14.1 Å². The molecule has 0 saturated heterocycles. The van der Waals surface area contributed by atoms with Crippen LogP contribution in [0.25, 0.3) is 0 Å². The number of carbonyl (C=O) groups is 1. The van der Waals surface area contributed by atoms with Gasteiger partial charge in [0.25, 0.3) is 5.91 Å². The van der Waals surface area contributed by atoms with Gasteiger partial charge >= 0.3 is 0 Å². The number of nitrogens with one attached hydrogen (secondary N) is 1. The predicted octanol–water partition coefficient (Wildman–Crippen LogP) is 3.46. The molecule has 1 amide bonds. The number of benzene rings is 1. The van der Waals surface area contributed by atoms with E-state index in [0.29, 0.717) is 18.7 Å². The van der Waals surface area contributed by atoms with Crippen molar-refractivity contribution in [1.29, 1.82) is 0 Å². The molecule has 0 unspecified atom stereocenters. The third-order valence-electron chi connectivity index (χ3n) is 5.19. The molecule has 0 radical (unpaired) electrons. The van der Waals surface area contributed by atoms with Gasteiger partial charge in [-0.25, -0.2) is 8.42 Å². The van der Waals surface area contributed by atoms with Crippen LogP contribution in [0.3, 0.4) is 0 Å². The van der Waals surface area contributed by atoms with Crippen LogP contribution in [0.5, 0.6) is 0 Å². The fraction of sp³-hybridized carbons (Fsp3) is 0.545. The van der Waals surface area contributed by atoms with Gasteiger partial charge in [0, 0.05) is 31.3 Å². The molecule has 2 aromatic rings. The molecule has 3 rings (SSSR count). The van der Waals surface area contributed by atoms with Crippen molar-refractivity contribution in [2.45, 2.75) is 51.9 Å². The van der Waals surface area contributed by atoms with Crippen LogP contribution in [0.2, 0.25) is 0 Å². The monoisotopic (exact) mass is 432 g/mol. The van der Waals surface area contributed by atoms with Crippen molar-refractivity contribution in [3.8, 4) is 0 Å². The van der Waals surface area contributed by atoms with Gasteiger partial charge in [-0.2, -0.15) is 9.40 Å². The number of carbonyl (C=O) groups excluding carboxylic acids is 1. The summed E-state index contributed by atoms with van der Waals surface area (Å²) >= 11 is 0. The maximum atomic E-state index is 13.1. The smallest absolute Gasteiger partial charge is 0.256 e. The number of sulfonamides is 1. The van der Waals surface area contributed by atoms with Gasteiger partial charge in [-0.1, -0.05) is 27.7 Å². The fourth-order valence-electron chi connectivity index (χ4n) is 3.87. The van der Waals surface area contributed by atoms with Gasteiger partial charge in [0.1, 0.15) is 5.82 Å². The summed E-state index contributed by atoms with van der Waals surface area (Å²) in [6.07, 6.45) is 2.91. The molecule has 0 fully saturated rings. The normalized spacial score (nSPS) is 14.0. The highest BCUT2D eigenvalue weighted by Crippen LogP contribution is 2.28. The van der Waals surface area contributed by atoms with E-state index in [2.05, 4.69) is 10.4 Å². The molecule has 1 N–H and O–H groups in total. The first-order chi connectivity index (χ1) is 14.1. The summed E-state index contributed by atoms with van der Waals surface area (Å²) in [5.74, 6) is 0.913. The Bertz CT molecular complexity index is 998. The van der Waals surface area contributed by atoms with E-state index in [0.717, 1.165) is 36.3 Å². The van der Waals surface area contributed by atoms with E-state index in [-0.39, 0.29) is 22.6 Å². The second kappa shape index (κ2) is 8.89. The van der Waals surface area contributed by atoms with Crippen LogP contribution in [0.1, 0.15) is 55.7 Å². The topological polar surface area (TPSA) is 84.3 Å². The van der Waals surface area contributed by atoms with Gasteiger partial charge in [0.05, 0.1) is 10.6 Å². The van der Waals surface area contributed by atoms with Crippen LogP contribution in [-0.4, -0.2) is 41.5 Å². The summed E-state index contributed by atoms with van der Waals surface area (Å²) in [6.45, 7) is 8.95. The van der Waals surface area contributed by atoms with E-state index in [1.165, 1.54) is 16.4 Å². The van der Waals surface area contributed by atoms with Crippen molar-refractivity contribution < 1.29 is 13.2 Å². The Morgan fingerprint density at radius 1 is 1.10 bits per heavy atom. The van der Waals surface area contributed by atoms with Crippen molar-refractivity contribution in [3.05, 3.63) is 41.1 Å². The molecule has 1 aliphatic carbocycles. The maximum Gasteiger partial charge on any atom is 0.256 e. The summed E-state index contributed by atoms with van der Waals surface area (Å²) in [7, 11) is -1.79. The Balaban J connectivity index is 1.79. The lowest BCUT2D eigenvalue weighted by molar-refractivity contribution is 0.102. The number of fused-ring (bicyclic) bond motifs is 1. The lowest BCUT2D eigenvalue weighted by Crippen LogP contribution is -2.37. The summed E-state index contributed by atoms with van der Waals surface area (Å²) in [6, 6.07) is 6.18. The summed E-state index contributed by atoms with van der Waals surface area (Å²) < 4.78 is 29.5. The van der Waals surface area contributed by atoms with Crippen LogP contribution < -0.4 is 5.32 Å². The zero-order chi connectivity index (χ0) is 22.1. The number of aryl methyl sites for hydroxylation is 2. The van der Waals surface area contributed by atoms with Crippen LogP contribution in [-0.2, 0) is 29.9 Å². The third-order valence-corrected chi connectivity index (χ3v) is 7.04. The molecule has 1 aromatic heterocycles. The minimum absolute atomic E-state index is 0.210. The summed E-state index contributed by atoms with van der Waals surface area (Å²) in [5.41, 5.74) is 2.56. The maximum absolute atomic E-state index is 13.1. The number of nitrogens with zero attached hydrogens (tertiary/aromatic N) is 3. The minimum atomic E-state index is -3.61. The standard InChI is InChI=1S/C22H32N4O3S/c1-15(2)13-26(14-16(3)4)30(28,29)18-11-9-17(10-12-18)22(27)23-21-19-7-6-8-20(19)24-25(21)5/h9-12,15-16H,6-8,13-14H2,1-5H3,(H,23,27). The second-order valence-electron chi connectivity index (χ2n) is 8.84. The Morgan fingerprint density at radius 3 is 2.27 bits per heavy atom. The SMILES string of the molecule is CC(C)CN(CC(C)C)S(=O)(=O)c1ccc(C(=O)Nc2c3c(nn2C)CCC3)cc1. The van der Waals surface area contributed by atoms with E-state index in [1.54, 1.807) is 16.8 Å². The van der Waals surface area contributed by atoms with Crippen LogP contribution in [0, 0.1) is 11.8 Å². The zero-order valence-corrected chi connectivity index (χ0v) is 19.3. The Kier molecular flexibility index (Phi) is 6.67. The number of anilines is 1. The average Bonchev–Trinajstić information content (AvgIpc) is 3.22. The molecule has 0 saturated carbocycles. The molecule has 30 heavy (non-hydrogen) atoms. The summed E-state index contributed by atoms with van der Waals surface area (Å²) in [5, 5.41) is 7.41. The number of rotatable bonds is 8. The molecule has 0 aliphatic heterocycles. The van der Waals surface area contributed by atoms with Crippen molar-refractivity contribution >= 4 is 21.7 Å². The van der Waals surface area contributed by atoms with Gasteiger partial charge in [0.2, 0.25) is 10.0 Å². The van der Waals surface area contributed by atoms with Gasteiger partial charge in [-0.15, -0.1) is 0 Å². The van der Waals surface area contributed by atoms with Gasteiger partial charge in [0.15, 0.2) is 0 Å². The Labute approximate surface area is 179 Å². The molecule has 0 atom stereocenters. The number of hydrogen-bond donors (Lipinski definition) is 1. The average molecular weight is 433 g/mol. The molecule has 1 aliphatic rings. The second-order valence-corrected chi connectivity index (χ2v) is 10.8. The molecular weight excluding hydrogens is 400 g/mol. The van der Waals surface area contributed by atoms with Gasteiger partial charge < -0.3 is 5.32 Å². The Hall–Kier alpha value is -2.19. The van der Waals surface area contributed by atoms with Gasteiger partial charge in [-0.05, 0) is 55.4 Å². The molecule has 1 aromatic carbocycles. The lowest BCUT2D eigenvalue weighted by Gasteiger charge is -2.25. The van der Waals surface area contributed by atoms with Crippen molar-refractivity contribution in [2.75, 3.05) is 18.4 Å². The molecule has 0 spiro atoms. The number of aromatic nitrogens is 2. The van der Waals surface area contributed by atoms with E-state index in [4.69, 9.17) is 0 Å². The molecular formula is C22H32N4O3S.